The lowest BCUT2D eigenvalue weighted by atomic mass is 9.80. The van der Waals surface area contributed by atoms with Gasteiger partial charge in [0.05, 0.1) is 24.9 Å². The summed E-state index contributed by atoms with van der Waals surface area (Å²) >= 11 is 0. The van der Waals surface area contributed by atoms with E-state index in [2.05, 4.69) is 5.32 Å². The Labute approximate surface area is 206 Å². The van der Waals surface area contributed by atoms with E-state index in [0.717, 1.165) is 0 Å². The average Bonchev–Trinajstić information content (AvgIpc) is 3.14. The first-order valence-corrected chi connectivity index (χ1v) is 12.1. The van der Waals surface area contributed by atoms with Gasteiger partial charge in [-0.15, -0.1) is 0 Å². The minimum atomic E-state index is -4.43. The summed E-state index contributed by atoms with van der Waals surface area (Å²) in [5.41, 5.74) is -1.72. The molecule has 8 nitrogen and oxygen atoms in total. The monoisotopic (exact) mass is 508 g/mol. The number of nitrogens with one attached hydrogen (secondary N) is 1. The Bertz CT molecular complexity index is 741. The normalized spacial score (nSPS) is 26.2. The van der Waals surface area contributed by atoms with Gasteiger partial charge in [-0.1, -0.05) is 12.8 Å². The summed E-state index contributed by atoms with van der Waals surface area (Å²) in [4.78, 5) is 26.7. The minimum Gasteiger partial charge on any atom is -0.467 e. The highest BCUT2D eigenvalue weighted by atomic mass is 19.4. The number of unbranched alkanes of at least 4 members (excludes halogenated alkanes) is 1. The molecule has 1 N–H and O–H groups in total. The number of rotatable bonds is 8. The fraction of sp³-hybridized carbons (Fsp3) is 0.913. The lowest BCUT2D eigenvalue weighted by Gasteiger charge is -2.32. The highest BCUT2D eigenvalue weighted by Crippen LogP contribution is 2.38. The number of halogens is 3. The quantitative estimate of drug-likeness (QED) is 0.299. The zero-order valence-electron chi connectivity index (χ0n) is 22.1. The molecule has 0 bridgehead atoms. The van der Waals surface area contributed by atoms with Crippen LogP contribution >= 0.6 is 0 Å². The van der Waals surface area contributed by atoms with Crippen LogP contribution in [0.4, 0.5) is 18.0 Å². The molecule has 0 saturated carbocycles. The Morgan fingerprint density at radius 1 is 1.09 bits per heavy atom. The van der Waals surface area contributed by atoms with Crippen LogP contribution in [0.2, 0.25) is 6.32 Å². The van der Waals surface area contributed by atoms with E-state index in [4.69, 9.17) is 18.8 Å². The molecule has 2 heterocycles. The number of nitrogens with zero attached hydrogens (tertiary/aromatic N) is 1. The molecular weight excluding hydrogens is 468 g/mol. The number of alkyl halides is 3. The van der Waals surface area contributed by atoms with Crippen molar-refractivity contribution in [3.05, 3.63) is 0 Å². The van der Waals surface area contributed by atoms with Gasteiger partial charge in [0.1, 0.15) is 11.6 Å². The molecule has 1 amide bonds. The lowest BCUT2D eigenvalue weighted by molar-refractivity contribution is -0.147. The van der Waals surface area contributed by atoms with Crippen LogP contribution in [0.5, 0.6) is 0 Å². The molecule has 2 rings (SSSR count). The first-order valence-electron chi connectivity index (χ1n) is 12.1. The molecule has 0 unspecified atom stereocenters. The number of esters is 1. The van der Waals surface area contributed by atoms with E-state index < -0.39 is 59.6 Å². The van der Waals surface area contributed by atoms with E-state index in [1.54, 1.807) is 20.8 Å². The van der Waals surface area contributed by atoms with E-state index >= 15 is 0 Å². The maximum Gasteiger partial charge on any atom is 0.457 e. The van der Waals surface area contributed by atoms with Gasteiger partial charge in [0.25, 0.3) is 0 Å². The molecule has 2 aliphatic heterocycles. The van der Waals surface area contributed by atoms with Crippen LogP contribution in [0, 0.1) is 5.92 Å². The van der Waals surface area contributed by atoms with Crippen molar-refractivity contribution < 1.29 is 41.5 Å². The second-order valence-corrected chi connectivity index (χ2v) is 11.3. The van der Waals surface area contributed by atoms with Crippen molar-refractivity contribution in [1.29, 1.82) is 0 Å². The molecule has 2 fully saturated rings. The topological polar surface area (TPSA) is 86.3 Å². The lowest BCUT2D eigenvalue weighted by Crippen LogP contribution is -2.46. The molecule has 0 spiro atoms. The van der Waals surface area contributed by atoms with Crippen LogP contribution in [-0.2, 0) is 23.6 Å². The number of ether oxygens (including phenoxy) is 2. The summed E-state index contributed by atoms with van der Waals surface area (Å²) in [6.45, 7) is 11.6. The van der Waals surface area contributed by atoms with Gasteiger partial charge >= 0.3 is 25.4 Å². The standard InChI is InChI=1S/C23H40BF3N2O6/c1-20(2,3)33-19(31)29-13-16(28-14-23(25,26)27)15(17(29)18(30)32-8)11-9-10-12-24-34-21(4,5)22(6,7)35-24/h15-17,28H,9-14H2,1-8H3/t15-,16+,17+/m1/s1. The van der Waals surface area contributed by atoms with Gasteiger partial charge in [-0.05, 0) is 61.2 Å². The van der Waals surface area contributed by atoms with Crippen LogP contribution in [0.15, 0.2) is 0 Å². The number of hydrogen-bond donors (Lipinski definition) is 1. The maximum absolute atomic E-state index is 13.0. The molecule has 2 aliphatic rings. The smallest absolute Gasteiger partial charge is 0.457 e. The molecule has 0 aromatic heterocycles. The number of likely N-dealkylation sites (tertiary alicyclic amines) is 1. The predicted octanol–water partition coefficient (Wildman–Crippen LogP) is 4.18. The molecule has 35 heavy (non-hydrogen) atoms. The second kappa shape index (κ2) is 10.8. The van der Waals surface area contributed by atoms with Gasteiger partial charge in [-0.3, -0.25) is 4.90 Å². The molecule has 202 valence electrons. The Balaban J connectivity index is 2.11. The third-order valence-corrected chi connectivity index (χ3v) is 6.82. The fourth-order valence-electron chi connectivity index (χ4n) is 4.44. The first kappa shape index (κ1) is 29.7. The molecule has 2 saturated heterocycles. The van der Waals surface area contributed by atoms with Gasteiger partial charge in [0.15, 0.2) is 0 Å². The van der Waals surface area contributed by atoms with Crippen molar-refractivity contribution in [2.24, 2.45) is 5.92 Å². The highest BCUT2D eigenvalue weighted by Gasteiger charge is 2.51. The predicted molar refractivity (Wildman–Crippen MR) is 125 cm³/mol. The van der Waals surface area contributed by atoms with Crippen LogP contribution in [0.3, 0.4) is 0 Å². The zero-order valence-corrected chi connectivity index (χ0v) is 22.1. The van der Waals surface area contributed by atoms with Crippen molar-refractivity contribution in [2.75, 3.05) is 20.2 Å². The van der Waals surface area contributed by atoms with Gasteiger partial charge < -0.3 is 24.1 Å². The van der Waals surface area contributed by atoms with E-state index in [-0.39, 0.29) is 13.7 Å². The summed E-state index contributed by atoms with van der Waals surface area (Å²) in [5, 5.41) is 2.50. The van der Waals surface area contributed by atoms with E-state index in [1.165, 1.54) is 12.0 Å². The molecule has 0 aromatic rings. The minimum absolute atomic E-state index is 0.0906. The van der Waals surface area contributed by atoms with Crippen LogP contribution in [-0.4, -0.2) is 79.3 Å². The Hall–Kier alpha value is -1.53. The first-order chi connectivity index (χ1) is 15.9. The summed E-state index contributed by atoms with van der Waals surface area (Å²) in [6, 6.07) is -1.79. The Kier molecular flexibility index (Phi) is 9.20. The largest absolute Gasteiger partial charge is 0.467 e. The van der Waals surface area contributed by atoms with Crippen molar-refractivity contribution in [2.45, 2.75) is 109 Å². The fourth-order valence-corrected chi connectivity index (χ4v) is 4.44. The molecule has 3 atom stereocenters. The summed E-state index contributed by atoms with van der Waals surface area (Å²) in [6.07, 6.45) is -2.88. The maximum atomic E-state index is 13.0. The van der Waals surface area contributed by atoms with Crippen LogP contribution < -0.4 is 5.32 Å². The number of hydrogen-bond acceptors (Lipinski definition) is 7. The van der Waals surface area contributed by atoms with Gasteiger partial charge in [-0.25, -0.2) is 9.59 Å². The van der Waals surface area contributed by atoms with Crippen molar-refractivity contribution in [1.82, 2.24) is 10.2 Å². The van der Waals surface area contributed by atoms with Crippen molar-refractivity contribution >= 4 is 19.2 Å². The van der Waals surface area contributed by atoms with Crippen LogP contribution in [0.25, 0.3) is 0 Å². The summed E-state index contributed by atoms with van der Waals surface area (Å²) in [7, 11) is 0.818. The van der Waals surface area contributed by atoms with Gasteiger partial charge in [-0.2, -0.15) is 13.2 Å². The molecule has 0 radical (unpaired) electrons. The van der Waals surface area contributed by atoms with Crippen molar-refractivity contribution in [3.8, 4) is 0 Å². The SMILES string of the molecule is COC(=O)[C@@H]1[C@H](CCCCB2OC(C)(C)C(C)(C)O2)[C@@H](NCC(F)(F)F)CN1C(=O)OC(C)(C)C. The molecular formula is C23H40BF3N2O6. The average molecular weight is 508 g/mol. The van der Waals surface area contributed by atoms with Crippen LogP contribution in [0.1, 0.15) is 67.7 Å². The van der Waals surface area contributed by atoms with Gasteiger partial charge in [0.2, 0.25) is 0 Å². The Morgan fingerprint density at radius 2 is 1.66 bits per heavy atom. The number of methoxy groups -OCH3 is 1. The third-order valence-electron chi connectivity index (χ3n) is 6.82. The molecule has 0 aromatic carbocycles. The summed E-state index contributed by atoms with van der Waals surface area (Å²) < 4.78 is 61.2. The summed E-state index contributed by atoms with van der Waals surface area (Å²) in [5.74, 6) is -1.25. The van der Waals surface area contributed by atoms with E-state index in [0.29, 0.717) is 25.6 Å². The van der Waals surface area contributed by atoms with Crippen molar-refractivity contribution in [3.63, 3.8) is 0 Å². The highest BCUT2D eigenvalue weighted by molar-refractivity contribution is 6.45. The second-order valence-electron chi connectivity index (χ2n) is 11.3. The third kappa shape index (κ3) is 7.98. The zero-order chi connectivity index (χ0) is 26.8. The number of carbonyl (C=O) groups is 2. The molecule has 0 aliphatic carbocycles. The van der Waals surface area contributed by atoms with Gasteiger partial charge in [0, 0.05) is 18.5 Å². The number of amides is 1. The number of carbonyl (C=O) groups excluding carboxylic acids is 2. The van der Waals surface area contributed by atoms with E-state index in [1.807, 2.05) is 27.7 Å². The Morgan fingerprint density at radius 3 is 2.14 bits per heavy atom. The molecule has 12 heteroatoms. The van der Waals surface area contributed by atoms with E-state index in [9.17, 15) is 22.8 Å².